The maximum atomic E-state index is 12.3. The average Bonchev–Trinajstić information content (AvgIpc) is 2.84. The minimum atomic E-state index is -0.346. The average molecular weight is 447 g/mol. The number of carbonyl (C=O) groups excluding carboxylic acids is 2. The molecule has 8 heteroatoms. The molecule has 3 rings (SSSR count). The Morgan fingerprint density at radius 2 is 1.79 bits per heavy atom. The van der Waals surface area contributed by atoms with Crippen molar-refractivity contribution in [3.63, 3.8) is 0 Å². The van der Waals surface area contributed by atoms with Crippen LogP contribution >= 0.6 is 0 Å². The molecule has 0 saturated carbocycles. The number of pyridine rings is 1. The lowest BCUT2D eigenvalue weighted by molar-refractivity contribution is -0.129. The molecule has 3 aromatic rings. The second-order valence-corrected chi connectivity index (χ2v) is 6.99. The zero-order chi connectivity index (χ0) is 23.6. The van der Waals surface area contributed by atoms with Gasteiger partial charge in [-0.15, -0.1) is 0 Å². The number of nitrogens with zero attached hydrogens (tertiary/aromatic N) is 2. The molecular weight excluding hydrogens is 422 g/mol. The molecule has 1 heterocycles. The Balaban J connectivity index is 1.52. The minimum absolute atomic E-state index is 0.110. The Labute approximate surface area is 192 Å². The zero-order valence-electron chi connectivity index (χ0n) is 18.6. The fourth-order valence-corrected chi connectivity index (χ4v) is 2.86. The molecule has 0 bridgehead atoms. The van der Waals surface area contributed by atoms with Crippen molar-refractivity contribution in [2.45, 2.75) is 0 Å². The van der Waals surface area contributed by atoms with Gasteiger partial charge in [0.2, 0.25) is 17.7 Å². The number of methoxy groups -OCH3 is 2. The molecule has 0 aliphatic carbocycles. The summed E-state index contributed by atoms with van der Waals surface area (Å²) in [5, 5.41) is 2.71. The van der Waals surface area contributed by atoms with E-state index in [-0.39, 0.29) is 18.4 Å². The molecule has 0 spiro atoms. The summed E-state index contributed by atoms with van der Waals surface area (Å²) in [5.41, 5.74) is 1.31. The fraction of sp³-hybridized carbons (Fsp3) is 0.160. The Bertz CT molecular complexity index is 1130. The number of para-hydroxylation sites is 2. The zero-order valence-corrected chi connectivity index (χ0v) is 18.6. The van der Waals surface area contributed by atoms with Crippen LogP contribution < -0.4 is 19.5 Å². The summed E-state index contributed by atoms with van der Waals surface area (Å²) in [6.45, 7) is -0.110. The molecule has 1 aromatic heterocycles. The quantitative estimate of drug-likeness (QED) is 0.499. The van der Waals surface area contributed by atoms with Crippen LogP contribution in [0.4, 0.5) is 5.69 Å². The molecule has 0 saturated heterocycles. The van der Waals surface area contributed by atoms with E-state index in [1.165, 1.54) is 17.2 Å². The molecule has 2 aromatic carbocycles. The molecule has 33 heavy (non-hydrogen) atoms. The van der Waals surface area contributed by atoms with Crippen LogP contribution in [0, 0.1) is 0 Å². The largest absolute Gasteiger partial charge is 0.497 e. The summed E-state index contributed by atoms with van der Waals surface area (Å²) in [7, 11) is 4.70. The molecule has 0 aliphatic rings. The maximum absolute atomic E-state index is 12.3. The number of aromatic nitrogens is 1. The second-order valence-electron chi connectivity index (χ2n) is 6.99. The molecule has 0 unspecified atom stereocenters. The summed E-state index contributed by atoms with van der Waals surface area (Å²) >= 11 is 0. The van der Waals surface area contributed by atoms with E-state index >= 15 is 0 Å². The van der Waals surface area contributed by atoms with Crippen molar-refractivity contribution >= 4 is 23.6 Å². The summed E-state index contributed by atoms with van der Waals surface area (Å²) in [6.07, 6.45) is 4.56. The van der Waals surface area contributed by atoms with Crippen molar-refractivity contribution in [3.05, 3.63) is 78.5 Å². The SMILES string of the molecule is COc1cccc(/C=C/C(=O)N(C)CC(=O)Nc2ccc(Oc3ccccc3OC)nc2)c1. The molecular formula is C25H25N3O5. The number of likely N-dealkylation sites (N-methyl/N-ethyl adjacent to an activating group) is 1. The van der Waals surface area contributed by atoms with Crippen molar-refractivity contribution in [1.82, 2.24) is 9.88 Å². The van der Waals surface area contributed by atoms with Gasteiger partial charge in [0.25, 0.3) is 0 Å². The molecule has 2 amide bonds. The van der Waals surface area contributed by atoms with Gasteiger partial charge >= 0.3 is 0 Å². The maximum Gasteiger partial charge on any atom is 0.246 e. The van der Waals surface area contributed by atoms with Crippen LogP contribution in [0.15, 0.2) is 72.9 Å². The van der Waals surface area contributed by atoms with E-state index < -0.39 is 0 Å². The molecule has 1 N–H and O–H groups in total. The lowest BCUT2D eigenvalue weighted by atomic mass is 10.2. The van der Waals surface area contributed by atoms with E-state index in [1.807, 2.05) is 36.4 Å². The van der Waals surface area contributed by atoms with Gasteiger partial charge in [0, 0.05) is 19.2 Å². The first-order chi connectivity index (χ1) is 16.0. The van der Waals surface area contributed by atoms with Gasteiger partial charge in [-0.2, -0.15) is 0 Å². The van der Waals surface area contributed by atoms with Crippen LogP contribution in [0.3, 0.4) is 0 Å². The van der Waals surface area contributed by atoms with Gasteiger partial charge < -0.3 is 24.4 Å². The standard InChI is InChI=1S/C25H25N3O5/c1-28(25(30)14-11-18-7-6-8-20(15-18)31-2)17-23(29)27-19-12-13-24(26-16-19)33-22-10-5-4-9-21(22)32-3/h4-16H,17H2,1-3H3,(H,27,29)/b14-11+. The highest BCUT2D eigenvalue weighted by Crippen LogP contribution is 2.30. The topological polar surface area (TPSA) is 90.0 Å². The predicted octanol–water partition coefficient (Wildman–Crippen LogP) is 4.00. The monoisotopic (exact) mass is 447 g/mol. The number of rotatable bonds is 9. The number of hydrogen-bond acceptors (Lipinski definition) is 6. The third kappa shape index (κ3) is 6.83. The van der Waals surface area contributed by atoms with E-state index in [0.717, 1.165) is 5.56 Å². The Kier molecular flexibility index (Phi) is 8.02. The molecule has 0 aliphatic heterocycles. The van der Waals surface area contributed by atoms with Gasteiger partial charge in [0.15, 0.2) is 11.5 Å². The molecule has 0 fully saturated rings. The van der Waals surface area contributed by atoms with Gasteiger partial charge in [-0.05, 0) is 42.0 Å². The Hall–Kier alpha value is -4.33. The van der Waals surface area contributed by atoms with Crippen molar-refractivity contribution in [2.24, 2.45) is 0 Å². The van der Waals surface area contributed by atoms with Gasteiger partial charge in [-0.1, -0.05) is 24.3 Å². The Morgan fingerprint density at radius 1 is 1.00 bits per heavy atom. The third-order valence-electron chi connectivity index (χ3n) is 4.57. The van der Waals surface area contributed by atoms with Crippen LogP contribution in [-0.4, -0.2) is 49.5 Å². The van der Waals surface area contributed by atoms with Gasteiger partial charge in [0.05, 0.1) is 32.6 Å². The molecule has 8 nitrogen and oxygen atoms in total. The van der Waals surface area contributed by atoms with Crippen LogP contribution in [0.1, 0.15) is 5.56 Å². The van der Waals surface area contributed by atoms with Crippen LogP contribution in [0.2, 0.25) is 0 Å². The van der Waals surface area contributed by atoms with Gasteiger partial charge in [0.1, 0.15) is 5.75 Å². The van der Waals surface area contributed by atoms with Gasteiger partial charge in [-0.3, -0.25) is 9.59 Å². The first-order valence-corrected chi connectivity index (χ1v) is 10.1. The fourth-order valence-electron chi connectivity index (χ4n) is 2.86. The highest BCUT2D eigenvalue weighted by Gasteiger charge is 2.12. The minimum Gasteiger partial charge on any atom is -0.497 e. The predicted molar refractivity (Wildman–Crippen MR) is 126 cm³/mol. The van der Waals surface area contributed by atoms with Crippen LogP contribution in [0.5, 0.6) is 23.1 Å². The van der Waals surface area contributed by atoms with Crippen LogP contribution in [0.25, 0.3) is 6.08 Å². The third-order valence-corrected chi connectivity index (χ3v) is 4.57. The number of amides is 2. The second kappa shape index (κ2) is 11.3. The van der Waals surface area contributed by atoms with Crippen molar-refractivity contribution in [2.75, 3.05) is 33.1 Å². The highest BCUT2D eigenvalue weighted by molar-refractivity contribution is 5.97. The number of carbonyl (C=O) groups is 2. The number of ether oxygens (including phenoxy) is 3. The molecule has 0 radical (unpaired) electrons. The molecule has 0 atom stereocenters. The lowest BCUT2D eigenvalue weighted by Gasteiger charge is -2.15. The van der Waals surface area contributed by atoms with Crippen molar-refractivity contribution < 1.29 is 23.8 Å². The summed E-state index contributed by atoms with van der Waals surface area (Å²) < 4.78 is 16.1. The summed E-state index contributed by atoms with van der Waals surface area (Å²) in [5.74, 6) is 1.53. The van der Waals surface area contributed by atoms with Crippen molar-refractivity contribution in [3.8, 4) is 23.1 Å². The number of nitrogens with one attached hydrogen (secondary N) is 1. The van der Waals surface area contributed by atoms with E-state index in [4.69, 9.17) is 14.2 Å². The summed E-state index contributed by atoms with van der Waals surface area (Å²) in [4.78, 5) is 30.2. The van der Waals surface area contributed by atoms with Gasteiger partial charge in [-0.25, -0.2) is 4.98 Å². The van der Waals surface area contributed by atoms with Crippen molar-refractivity contribution in [1.29, 1.82) is 0 Å². The number of hydrogen-bond donors (Lipinski definition) is 1. The smallest absolute Gasteiger partial charge is 0.246 e. The summed E-state index contributed by atoms with van der Waals surface area (Å²) in [6, 6.07) is 17.8. The van der Waals surface area contributed by atoms with Crippen LogP contribution in [-0.2, 0) is 9.59 Å². The lowest BCUT2D eigenvalue weighted by Crippen LogP contribution is -2.33. The van der Waals surface area contributed by atoms with E-state index in [1.54, 1.807) is 51.6 Å². The van der Waals surface area contributed by atoms with E-state index in [2.05, 4.69) is 10.3 Å². The highest BCUT2D eigenvalue weighted by atomic mass is 16.5. The Morgan fingerprint density at radius 3 is 2.48 bits per heavy atom. The van der Waals surface area contributed by atoms with E-state index in [0.29, 0.717) is 28.8 Å². The number of anilines is 1. The first-order valence-electron chi connectivity index (χ1n) is 10.1. The first kappa shape index (κ1) is 23.3. The number of benzene rings is 2. The van der Waals surface area contributed by atoms with E-state index in [9.17, 15) is 9.59 Å². The molecule has 170 valence electrons. The normalized spacial score (nSPS) is 10.5.